The number of benzene rings is 4. The van der Waals surface area contributed by atoms with Crippen LogP contribution in [0.2, 0.25) is 0 Å². The van der Waals surface area contributed by atoms with Crippen LogP contribution in [-0.4, -0.2) is 27.7 Å². The second-order valence-electron chi connectivity index (χ2n) is 6.99. The number of hydrogen-bond acceptors (Lipinski definition) is 5. The van der Waals surface area contributed by atoms with Gasteiger partial charge >= 0.3 is 7.69 Å². The van der Waals surface area contributed by atoms with Crippen molar-refractivity contribution >= 4 is 18.5 Å². The van der Waals surface area contributed by atoms with Crippen LogP contribution < -0.4 is 4.65 Å². The summed E-state index contributed by atoms with van der Waals surface area (Å²) < 4.78 is 5.06. The lowest BCUT2D eigenvalue weighted by Gasteiger charge is -2.09. The van der Waals surface area contributed by atoms with Crippen molar-refractivity contribution < 1.29 is 9.68 Å². The SMILES string of the molecule is O[B]Oc1ccc2cc(-c3nc(-c4ccccc4)nc(-c4ccccc4)n3)ccc2c1. The maximum absolute atomic E-state index is 8.85. The molecule has 0 saturated carbocycles. The molecule has 5 aromatic rings. The van der Waals surface area contributed by atoms with Gasteiger partial charge < -0.3 is 9.68 Å². The highest BCUT2D eigenvalue weighted by molar-refractivity contribution is 6.17. The summed E-state index contributed by atoms with van der Waals surface area (Å²) in [5, 5.41) is 10.9. The molecule has 1 radical (unpaired) electrons. The van der Waals surface area contributed by atoms with Crippen molar-refractivity contribution in [2.24, 2.45) is 0 Å². The maximum Gasteiger partial charge on any atom is 0.569 e. The Hall–Kier alpha value is -4.03. The zero-order chi connectivity index (χ0) is 21.0. The highest BCUT2D eigenvalue weighted by Gasteiger charge is 2.12. The minimum atomic E-state index is 0.570. The lowest BCUT2D eigenvalue weighted by molar-refractivity contribution is 0.454. The molecule has 0 aliphatic carbocycles. The van der Waals surface area contributed by atoms with Crippen LogP contribution in [0.3, 0.4) is 0 Å². The van der Waals surface area contributed by atoms with E-state index >= 15 is 0 Å². The van der Waals surface area contributed by atoms with Gasteiger partial charge in [-0.2, -0.15) is 0 Å². The summed E-state index contributed by atoms with van der Waals surface area (Å²) in [6.07, 6.45) is 0. The van der Waals surface area contributed by atoms with E-state index in [0.717, 1.165) is 27.5 Å². The van der Waals surface area contributed by atoms with Crippen LogP contribution in [0.1, 0.15) is 0 Å². The van der Waals surface area contributed by atoms with Gasteiger partial charge in [-0.1, -0.05) is 78.9 Å². The van der Waals surface area contributed by atoms with E-state index in [1.807, 2.05) is 91.0 Å². The fourth-order valence-electron chi connectivity index (χ4n) is 3.43. The van der Waals surface area contributed by atoms with Gasteiger partial charge in [-0.3, -0.25) is 0 Å². The fourth-order valence-corrected chi connectivity index (χ4v) is 3.43. The monoisotopic (exact) mass is 402 g/mol. The summed E-state index contributed by atoms with van der Waals surface area (Å²) in [4.78, 5) is 14.3. The first kappa shape index (κ1) is 19.0. The Morgan fingerprint density at radius 1 is 0.548 bits per heavy atom. The Bertz CT molecular complexity index is 1290. The van der Waals surface area contributed by atoms with Crippen molar-refractivity contribution in [3.63, 3.8) is 0 Å². The molecule has 5 rings (SSSR count). The van der Waals surface area contributed by atoms with E-state index in [9.17, 15) is 0 Å². The third kappa shape index (κ3) is 4.02. The minimum Gasteiger partial charge on any atom is -0.537 e. The standard InChI is InChI=1S/C25H17BN3O2/c30-26-31-22-14-13-19-15-21(12-11-20(19)16-22)25-28-23(17-7-3-1-4-8-17)27-24(29-25)18-9-5-2-6-10-18/h1-16,30H. The van der Waals surface area contributed by atoms with Gasteiger partial charge in [0.05, 0.1) is 0 Å². The summed E-state index contributed by atoms with van der Waals surface area (Å²) in [5.41, 5.74) is 2.77. The van der Waals surface area contributed by atoms with Crippen LogP contribution in [0.4, 0.5) is 0 Å². The second kappa shape index (κ2) is 8.38. The lowest BCUT2D eigenvalue weighted by Crippen LogP contribution is -2.00. The van der Waals surface area contributed by atoms with E-state index in [1.165, 1.54) is 0 Å². The third-order valence-electron chi connectivity index (χ3n) is 4.96. The maximum atomic E-state index is 8.85. The number of hydrogen-bond donors (Lipinski definition) is 1. The predicted molar refractivity (Wildman–Crippen MR) is 122 cm³/mol. The Morgan fingerprint density at radius 3 is 1.65 bits per heavy atom. The molecule has 147 valence electrons. The Labute approximate surface area is 180 Å². The highest BCUT2D eigenvalue weighted by Crippen LogP contribution is 2.28. The zero-order valence-electron chi connectivity index (χ0n) is 16.5. The number of aromatic nitrogens is 3. The normalized spacial score (nSPS) is 10.7. The Morgan fingerprint density at radius 2 is 1.06 bits per heavy atom. The smallest absolute Gasteiger partial charge is 0.537 e. The molecule has 0 atom stereocenters. The van der Waals surface area contributed by atoms with Gasteiger partial charge in [0, 0.05) is 16.7 Å². The van der Waals surface area contributed by atoms with Crippen LogP contribution in [0.15, 0.2) is 97.1 Å². The molecule has 0 spiro atoms. The van der Waals surface area contributed by atoms with Gasteiger partial charge in [-0.05, 0) is 29.0 Å². The number of rotatable bonds is 5. The number of fused-ring (bicyclic) bond motifs is 1. The van der Waals surface area contributed by atoms with Gasteiger partial charge in [0.1, 0.15) is 5.75 Å². The molecule has 0 saturated heterocycles. The van der Waals surface area contributed by atoms with E-state index in [4.69, 9.17) is 24.6 Å². The largest absolute Gasteiger partial charge is 0.569 e. The van der Waals surface area contributed by atoms with Crippen LogP contribution in [0.25, 0.3) is 44.9 Å². The topological polar surface area (TPSA) is 68.1 Å². The van der Waals surface area contributed by atoms with E-state index in [0.29, 0.717) is 30.9 Å². The van der Waals surface area contributed by atoms with E-state index in [-0.39, 0.29) is 0 Å². The zero-order valence-corrected chi connectivity index (χ0v) is 16.5. The molecule has 1 N–H and O–H groups in total. The average molecular weight is 402 g/mol. The quantitative estimate of drug-likeness (QED) is 0.422. The summed E-state index contributed by atoms with van der Waals surface area (Å²) in [6.45, 7) is 0. The molecular formula is C25H17BN3O2. The van der Waals surface area contributed by atoms with E-state index in [2.05, 4.69) is 0 Å². The molecular weight excluding hydrogens is 385 g/mol. The summed E-state index contributed by atoms with van der Waals surface area (Å²) >= 11 is 0. The van der Waals surface area contributed by atoms with Gasteiger partial charge in [-0.25, -0.2) is 15.0 Å². The average Bonchev–Trinajstić information content (AvgIpc) is 2.85. The van der Waals surface area contributed by atoms with Crippen molar-refractivity contribution in [3.05, 3.63) is 97.1 Å². The van der Waals surface area contributed by atoms with Gasteiger partial charge in [0.15, 0.2) is 17.5 Å². The summed E-state index contributed by atoms with van der Waals surface area (Å²) in [6, 6.07) is 31.4. The summed E-state index contributed by atoms with van der Waals surface area (Å²) in [5.74, 6) is 2.44. The van der Waals surface area contributed by atoms with Crippen LogP contribution >= 0.6 is 0 Å². The van der Waals surface area contributed by atoms with Gasteiger partial charge in [0.2, 0.25) is 0 Å². The van der Waals surface area contributed by atoms with Gasteiger partial charge in [0.25, 0.3) is 0 Å². The number of nitrogens with zero attached hydrogens (tertiary/aromatic N) is 3. The lowest BCUT2D eigenvalue weighted by atomic mass is 10.1. The second-order valence-corrected chi connectivity index (χ2v) is 6.99. The summed E-state index contributed by atoms with van der Waals surface area (Å²) in [7, 11) is 0.677. The third-order valence-corrected chi connectivity index (χ3v) is 4.96. The molecule has 0 amide bonds. The van der Waals surface area contributed by atoms with Crippen molar-refractivity contribution in [2.45, 2.75) is 0 Å². The first-order valence-corrected chi connectivity index (χ1v) is 9.84. The minimum absolute atomic E-state index is 0.570. The molecule has 0 aliphatic heterocycles. The molecule has 5 nitrogen and oxygen atoms in total. The molecule has 0 bridgehead atoms. The Balaban J connectivity index is 1.65. The van der Waals surface area contributed by atoms with Crippen molar-refractivity contribution in [2.75, 3.05) is 0 Å². The van der Waals surface area contributed by atoms with Crippen LogP contribution in [-0.2, 0) is 0 Å². The Kier molecular flexibility index (Phi) is 5.13. The van der Waals surface area contributed by atoms with Crippen LogP contribution in [0, 0.1) is 0 Å². The fraction of sp³-hybridized carbons (Fsp3) is 0. The van der Waals surface area contributed by atoms with E-state index < -0.39 is 0 Å². The molecule has 0 unspecified atom stereocenters. The van der Waals surface area contributed by atoms with Gasteiger partial charge in [-0.15, -0.1) is 0 Å². The predicted octanol–water partition coefficient (Wildman–Crippen LogP) is 4.93. The van der Waals surface area contributed by atoms with Crippen LogP contribution in [0.5, 0.6) is 5.75 Å². The molecule has 0 fully saturated rings. The van der Waals surface area contributed by atoms with Crippen molar-refractivity contribution in [1.29, 1.82) is 0 Å². The van der Waals surface area contributed by atoms with Crippen molar-refractivity contribution in [3.8, 4) is 39.9 Å². The molecule has 4 aromatic carbocycles. The first-order chi connectivity index (χ1) is 15.3. The molecule has 1 aromatic heterocycles. The molecule has 1 heterocycles. The molecule has 6 heteroatoms. The molecule has 31 heavy (non-hydrogen) atoms. The molecule has 0 aliphatic rings. The first-order valence-electron chi connectivity index (χ1n) is 9.84. The van der Waals surface area contributed by atoms with E-state index in [1.54, 1.807) is 6.07 Å². The van der Waals surface area contributed by atoms with Crippen molar-refractivity contribution in [1.82, 2.24) is 15.0 Å². The highest BCUT2D eigenvalue weighted by atomic mass is 16.5.